The Hall–Kier alpha value is -2.78. The number of nitro groups is 1. The minimum atomic E-state index is -4.03. The van der Waals surface area contributed by atoms with Crippen LogP contribution in [0.3, 0.4) is 0 Å². The number of para-hydroxylation sites is 1. The summed E-state index contributed by atoms with van der Waals surface area (Å²) in [6.07, 6.45) is 2.00. The van der Waals surface area contributed by atoms with E-state index < -0.39 is 20.6 Å². The van der Waals surface area contributed by atoms with Crippen LogP contribution < -0.4 is 5.32 Å². The number of rotatable bonds is 7. The number of hydrogen-bond donors (Lipinski definition) is 1. The summed E-state index contributed by atoms with van der Waals surface area (Å²) in [7, 11) is -2.67. The Morgan fingerprint density at radius 3 is 2.41 bits per heavy atom. The van der Waals surface area contributed by atoms with Crippen LogP contribution in [0.1, 0.15) is 28.8 Å². The van der Waals surface area contributed by atoms with Crippen LogP contribution in [0, 0.1) is 10.1 Å². The summed E-state index contributed by atoms with van der Waals surface area (Å²) in [4.78, 5) is 22.0. The summed E-state index contributed by atoms with van der Waals surface area (Å²) in [5.74, 6) is -0.148. The van der Waals surface area contributed by atoms with Crippen LogP contribution in [-0.4, -0.2) is 36.6 Å². The minimum Gasteiger partial charge on any atom is -0.349 e. The lowest BCUT2D eigenvalue weighted by Gasteiger charge is -2.17. The summed E-state index contributed by atoms with van der Waals surface area (Å²) in [6, 6.07) is 12.1. The molecule has 0 bridgehead atoms. The first-order valence-electron chi connectivity index (χ1n) is 8.38. The average molecular weight is 389 g/mol. The maximum absolute atomic E-state index is 12.7. The lowest BCUT2D eigenvalue weighted by molar-refractivity contribution is -0.387. The number of nitrogens with zero attached hydrogens (tertiary/aromatic N) is 2. The van der Waals surface area contributed by atoms with Gasteiger partial charge in [-0.1, -0.05) is 24.3 Å². The van der Waals surface area contributed by atoms with E-state index in [1.54, 1.807) is 24.3 Å². The Morgan fingerprint density at radius 2 is 1.81 bits per heavy atom. The molecule has 1 aliphatic carbocycles. The molecule has 142 valence electrons. The van der Waals surface area contributed by atoms with Crippen molar-refractivity contribution in [1.29, 1.82) is 0 Å². The molecule has 27 heavy (non-hydrogen) atoms. The van der Waals surface area contributed by atoms with Crippen molar-refractivity contribution >= 4 is 21.6 Å². The van der Waals surface area contributed by atoms with Gasteiger partial charge in [0.05, 0.1) is 4.92 Å². The fourth-order valence-corrected chi connectivity index (χ4v) is 3.91. The van der Waals surface area contributed by atoms with E-state index in [0.717, 1.165) is 23.2 Å². The summed E-state index contributed by atoms with van der Waals surface area (Å²) >= 11 is 0. The lowest BCUT2D eigenvalue weighted by atomic mass is 10.1. The zero-order valence-electron chi connectivity index (χ0n) is 14.7. The van der Waals surface area contributed by atoms with Crippen molar-refractivity contribution in [3.63, 3.8) is 0 Å². The molecule has 0 unspecified atom stereocenters. The molecule has 0 aliphatic heterocycles. The summed E-state index contributed by atoms with van der Waals surface area (Å²) in [5.41, 5.74) is 0.717. The third-order valence-electron chi connectivity index (χ3n) is 4.28. The van der Waals surface area contributed by atoms with Crippen LogP contribution in [0.4, 0.5) is 5.69 Å². The number of carbonyl (C=O) groups is 1. The average Bonchev–Trinajstić information content (AvgIpc) is 3.46. The standard InChI is InChI=1S/C18H19N3O5S/c1-20(27(25,26)17-5-3-2-4-16(17)21(23)24)12-13-6-8-14(9-7-13)18(22)19-15-10-11-15/h2-9,15H,10-12H2,1H3,(H,19,22). The van der Waals surface area contributed by atoms with Crippen molar-refractivity contribution in [2.75, 3.05) is 7.05 Å². The Labute approximate surface area is 157 Å². The SMILES string of the molecule is CN(Cc1ccc(C(=O)NC2CC2)cc1)S(=O)(=O)c1ccccc1[N+](=O)[O-]. The Morgan fingerprint density at radius 1 is 1.19 bits per heavy atom. The second-order valence-electron chi connectivity index (χ2n) is 6.43. The number of nitro benzene ring substituents is 1. The maximum atomic E-state index is 12.7. The second-order valence-corrected chi connectivity index (χ2v) is 8.44. The summed E-state index contributed by atoms with van der Waals surface area (Å²) in [6.45, 7) is 0.0267. The molecule has 1 amide bonds. The topological polar surface area (TPSA) is 110 Å². The normalized spacial score (nSPS) is 14.1. The first-order valence-corrected chi connectivity index (χ1v) is 9.82. The molecule has 1 fully saturated rings. The van der Waals surface area contributed by atoms with Crippen molar-refractivity contribution in [2.45, 2.75) is 30.3 Å². The second kappa shape index (κ2) is 7.45. The first-order chi connectivity index (χ1) is 12.8. The van der Waals surface area contributed by atoms with E-state index in [9.17, 15) is 23.3 Å². The number of nitrogens with one attached hydrogen (secondary N) is 1. The molecule has 1 N–H and O–H groups in total. The molecule has 1 saturated carbocycles. The van der Waals surface area contributed by atoms with Gasteiger partial charge < -0.3 is 5.32 Å². The van der Waals surface area contributed by atoms with Crippen molar-refractivity contribution in [2.24, 2.45) is 0 Å². The molecule has 2 aromatic carbocycles. The van der Waals surface area contributed by atoms with E-state index in [2.05, 4.69) is 5.32 Å². The number of hydrogen-bond acceptors (Lipinski definition) is 5. The molecule has 3 rings (SSSR count). The highest BCUT2D eigenvalue weighted by Crippen LogP contribution is 2.26. The number of carbonyl (C=O) groups excluding carboxylic acids is 1. The van der Waals surface area contributed by atoms with Gasteiger partial charge in [-0.3, -0.25) is 14.9 Å². The Kier molecular flexibility index (Phi) is 5.24. The fraction of sp³-hybridized carbons (Fsp3) is 0.278. The summed E-state index contributed by atoms with van der Waals surface area (Å²) < 4.78 is 26.5. The zero-order valence-corrected chi connectivity index (χ0v) is 15.5. The number of amides is 1. The minimum absolute atomic E-state index is 0.0267. The fourth-order valence-electron chi connectivity index (χ4n) is 2.59. The first kappa shape index (κ1) is 19.0. The highest BCUT2D eigenvalue weighted by molar-refractivity contribution is 7.89. The molecule has 9 heteroatoms. The van der Waals surface area contributed by atoms with Gasteiger partial charge in [0, 0.05) is 31.3 Å². The van der Waals surface area contributed by atoms with Crippen LogP contribution in [-0.2, 0) is 16.6 Å². The van der Waals surface area contributed by atoms with Crippen molar-refractivity contribution in [3.05, 3.63) is 69.8 Å². The van der Waals surface area contributed by atoms with Gasteiger partial charge in [0.15, 0.2) is 4.90 Å². The number of sulfonamides is 1. The van der Waals surface area contributed by atoms with E-state index >= 15 is 0 Å². The van der Waals surface area contributed by atoms with Crippen LogP contribution in [0.2, 0.25) is 0 Å². The van der Waals surface area contributed by atoms with Crippen LogP contribution in [0.25, 0.3) is 0 Å². The molecule has 0 spiro atoms. The third kappa shape index (κ3) is 4.32. The maximum Gasteiger partial charge on any atom is 0.289 e. The van der Waals surface area contributed by atoms with Crippen LogP contribution >= 0.6 is 0 Å². The highest BCUT2D eigenvalue weighted by Gasteiger charge is 2.29. The van der Waals surface area contributed by atoms with E-state index in [1.165, 1.54) is 25.2 Å². The molecule has 0 saturated heterocycles. The van der Waals surface area contributed by atoms with Gasteiger partial charge in [0.2, 0.25) is 10.0 Å². The van der Waals surface area contributed by atoms with Crippen LogP contribution in [0.15, 0.2) is 53.4 Å². The van der Waals surface area contributed by atoms with Gasteiger partial charge >= 0.3 is 0 Å². The molecular formula is C18H19N3O5S. The van der Waals surface area contributed by atoms with E-state index in [0.29, 0.717) is 11.1 Å². The quantitative estimate of drug-likeness (QED) is 0.577. The summed E-state index contributed by atoms with van der Waals surface area (Å²) in [5, 5.41) is 14.0. The molecule has 0 heterocycles. The molecule has 1 aliphatic rings. The van der Waals surface area contributed by atoms with Crippen LogP contribution in [0.5, 0.6) is 0 Å². The molecular weight excluding hydrogens is 370 g/mol. The van der Waals surface area contributed by atoms with Crippen molar-refractivity contribution in [1.82, 2.24) is 9.62 Å². The molecule has 0 aromatic heterocycles. The van der Waals surface area contributed by atoms with Gasteiger partial charge in [0.1, 0.15) is 0 Å². The zero-order chi connectivity index (χ0) is 19.6. The highest BCUT2D eigenvalue weighted by atomic mass is 32.2. The van der Waals surface area contributed by atoms with Gasteiger partial charge in [-0.15, -0.1) is 0 Å². The molecule has 0 atom stereocenters. The molecule has 8 nitrogen and oxygen atoms in total. The predicted molar refractivity (Wildman–Crippen MR) is 98.7 cm³/mol. The third-order valence-corrected chi connectivity index (χ3v) is 6.13. The predicted octanol–water partition coefficient (Wildman–Crippen LogP) is 2.31. The number of benzene rings is 2. The van der Waals surface area contributed by atoms with E-state index in [-0.39, 0.29) is 23.4 Å². The largest absolute Gasteiger partial charge is 0.349 e. The van der Waals surface area contributed by atoms with Gasteiger partial charge in [-0.2, -0.15) is 4.31 Å². The van der Waals surface area contributed by atoms with Crippen molar-refractivity contribution < 1.29 is 18.1 Å². The Balaban J connectivity index is 1.75. The van der Waals surface area contributed by atoms with Gasteiger partial charge in [0.25, 0.3) is 11.6 Å². The van der Waals surface area contributed by atoms with Gasteiger partial charge in [-0.05, 0) is 36.6 Å². The van der Waals surface area contributed by atoms with E-state index in [1.807, 2.05) is 0 Å². The smallest absolute Gasteiger partial charge is 0.289 e. The van der Waals surface area contributed by atoms with E-state index in [4.69, 9.17) is 0 Å². The Bertz CT molecular complexity index is 969. The lowest BCUT2D eigenvalue weighted by Crippen LogP contribution is -2.27. The monoisotopic (exact) mass is 389 g/mol. The molecule has 0 radical (unpaired) electrons. The van der Waals surface area contributed by atoms with Crippen molar-refractivity contribution in [3.8, 4) is 0 Å². The molecule has 2 aromatic rings. The van der Waals surface area contributed by atoms with Gasteiger partial charge in [-0.25, -0.2) is 8.42 Å².